The zero-order chi connectivity index (χ0) is 20.9. The van der Waals surface area contributed by atoms with E-state index in [1.54, 1.807) is 30.3 Å². The van der Waals surface area contributed by atoms with Crippen molar-refractivity contribution in [1.82, 2.24) is 9.62 Å². The fourth-order valence-electron chi connectivity index (χ4n) is 2.71. The molecule has 0 aromatic heterocycles. The summed E-state index contributed by atoms with van der Waals surface area (Å²) in [5, 5.41) is 3.30. The van der Waals surface area contributed by atoms with E-state index in [4.69, 9.17) is 32.7 Å². The second-order valence-corrected chi connectivity index (χ2v) is 9.00. The minimum atomic E-state index is -3.53. The van der Waals surface area contributed by atoms with Crippen LogP contribution in [0, 0.1) is 0 Å². The summed E-state index contributed by atoms with van der Waals surface area (Å²) in [6.07, 6.45) is 0. The van der Waals surface area contributed by atoms with Crippen molar-refractivity contribution in [2.45, 2.75) is 11.4 Å². The van der Waals surface area contributed by atoms with Crippen molar-refractivity contribution in [3.8, 4) is 5.75 Å². The number of rotatable bonds is 7. The Morgan fingerprint density at radius 3 is 2.48 bits per heavy atom. The van der Waals surface area contributed by atoms with Gasteiger partial charge in [0.2, 0.25) is 10.0 Å². The molecule has 0 radical (unpaired) electrons. The number of halogens is 2. The van der Waals surface area contributed by atoms with Crippen molar-refractivity contribution < 1.29 is 22.7 Å². The summed E-state index contributed by atoms with van der Waals surface area (Å²) < 4.78 is 37.2. The van der Waals surface area contributed by atoms with E-state index < -0.39 is 10.0 Å². The smallest absolute Gasteiger partial charge is 0.258 e. The Morgan fingerprint density at radius 1 is 1.10 bits per heavy atom. The molecule has 1 aliphatic rings. The fourth-order valence-corrected chi connectivity index (χ4v) is 4.46. The number of nitrogens with zero attached hydrogens (tertiary/aromatic N) is 1. The highest BCUT2D eigenvalue weighted by atomic mass is 35.5. The van der Waals surface area contributed by atoms with E-state index in [1.807, 2.05) is 0 Å². The van der Waals surface area contributed by atoms with Crippen LogP contribution in [0.3, 0.4) is 0 Å². The lowest BCUT2D eigenvalue weighted by Gasteiger charge is -2.26. The zero-order valence-electron chi connectivity index (χ0n) is 15.4. The van der Waals surface area contributed by atoms with Gasteiger partial charge < -0.3 is 14.8 Å². The van der Waals surface area contributed by atoms with Crippen LogP contribution in [0.2, 0.25) is 10.0 Å². The number of sulfonamides is 1. The highest BCUT2D eigenvalue weighted by molar-refractivity contribution is 7.89. The Hall–Kier alpha value is -1.84. The molecule has 1 amide bonds. The molecule has 0 saturated carbocycles. The molecule has 156 valence electrons. The van der Waals surface area contributed by atoms with Crippen LogP contribution >= 0.6 is 23.2 Å². The van der Waals surface area contributed by atoms with Gasteiger partial charge in [-0.2, -0.15) is 4.31 Å². The third-order valence-electron chi connectivity index (χ3n) is 4.30. The molecule has 10 heteroatoms. The Balaban J connectivity index is 1.52. The van der Waals surface area contributed by atoms with E-state index >= 15 is 0 Å². The van der Waals surface area contributed by atoms with Gasteiger partial charge in [-0.25, -0.2) is 8.42 Å². The molecule has 1 fully saturated rings. The lowest BCUT2D eigenvalue weighted by molar-refractivity contribution is -0.123. The van der Waals surface area contributed by atoms with Gasteiger partial charge in [-0.1, -0.05) is 41.4 Å². The number of ether oxygens (including phenoxy) is 2. The first-order chi connectivity index (χ1) is 13.9. The number of hydrogen-bond acceptors (Lipinski definition) is 5. The van der Waals surface area contributed by atoms with Gasteiger partial charge in [0.1, 0.15) is 10.8 Å². The third-order valence-corrected chi connectivity index (χ3v) is 7.01. The van der Waals surface area contributed by atoms with Gasteiger partial charge in [-0.3, -0.25) is 4.79 Å². The predicted octanol–water partition coefficient (Wildman–Crippen LogP) is 2.71. The molecular weight excluding hydrogens is 439 g/mol. The molecule has 1 N–H and O–H groups in total. The maximum atomic E-state index is 12.6. The molecule has 29 heavy (non-hydrogen) atoms. The number of morpholine rings is 1. The zero-order valence-corrected chi connectivity index (χ0v) is 17.8. The monoisotopic (exact) mass is 458 g/mol. The minimum absolute atomic E-state index is 0.216. The van der Waals surface area contributed by atoms with E-state index in [-0.39, 0.29) is 29.0 Å². The van der Waals surface area contributed by atoms with Crippen molar-refractivity contribution >= 4 is 39.1 Å². The molecule has 0 aliphatic carbocycles. The van der Waals surface area contributed by atoms with Gasteiger partial charge in [0.25, 0.3) is 5.91 Å². The molecule has 0 atom stereocenters. The lowest BCUT2D eigenvalue weighted by Crippen LogP contribution is -2.40. The number of benzene rings is 2. The second kappa shape index (κ2) is 9.77. The largest absolute Gasteiger partial charge is 0.482 e. The van der Waals surface area contributed by atoms with Crippen molar-refractivity contribution in [2.75, 3.05) is 32.9 Å². The highest BCUT2D eigenvalue weighted by Crippen LogP contribution is 2.31. The Labute approximate surface area is 179 Å². The summed E-state index contributed by atoms with van der Waals surface area (Å²) in [4.78, 5) is 12.2. The summed E-state index contributed by atoms with van der Waals surface area (Å²) in [6, 6.07) is 11.3. The number of nitrogens with one attached hydrogen (secondary N) is 1. The van der Waals surface area contributed by atoms with Gasteiger partial charge in [-0.15, -0.1) is 0 Å². The van der Waals surface area contributed by atoms with E-state index in [2.05, 4.69) is 5.32 Å². The van der Waals surface area contributed by atoms with Crippen molar-refractivity contribution in [3.05, 3.63) is 58.1 Å². The molecule has 1 aliphatic heterocycles. The molecule has 0 spiro atoms. The first kappa shape index (κ1) is 21.9. The molecule has 0 bridgehead atoms. The van der Waals surface area contributed by atoms with Crippen LogP contribution in [0.1, 0.15) is 5.56 Å². The SMILES string of the molecule is O=C(COc1cccc(Cl)c1Cl)NCc1ccc(S(=O)(=O)N2CCOCC2)cc1. The molecule has 3 rings (SSSR count). The van der Waals surface area contributed by atoms with Gasteiger partial charge in [-0.05, 0) is 29.8 Å². The molecule has 7 nitrogen and oxygen atoms in total. The minimum Gasteiger partial charge on any atom is -0.482 e. The van der Waals surface area contributed by atoms with Crippen LogP contribution in [-0.2, 0) is 26.1 Å². The molecule has 0 unspecified atom stereocenters. The average Bonchev–Trinajstić information content (AvgIpc) is 2.74. The number of carbonyl (C=O) groups excluding carboxylic acids is 1. The van der Waals surface area contributed by atoms with Crippen molar-refractivity contribution in [1.29, 1.82) is 0 Å². The summed E-state index contributed by atoms with van der Waals surface area (Å²) in [5.41, 5.74) is 0.764. The van der Waals surface area contributed by atoms with E-state index in [0.29, 0.717) is 37.1 Å². The highest BCUT2D eigenvalue weighted by Gasteiger charge is 2.26. The average molecular weight is 459 g/mol. The maximum absolute atomic E-state index is 12.6. The molecule has 2 aromatic carbocycles. The summed E-state index contributed by atoms with van der Waals surface area (Å²) in [5.74, 6) is -0.0157. The summed E-state index contributed by atoms with van der Waals surface area (Å²) in [6.45, 7) is 1.50. The normalized spacial score (nSPS) is 15.1. The second-order valence-electron chi connectivity index (χ2n) is 6.28. The first-order valence-corrected chi connectivity index (χ1v) is 11.1. The van der Waals surface area contributed by atoms with Crippen LogP contribution in [-0.4, -0.2) is 51.5 Å². The van der Waals surface area contributed by atoms with Gasteiger partial charge >= 0.3 is 0 Å². The van der Waals surface area contributed by atoms with Crippen LogP contribution in [0.5, 0.6) is 5.75 Å². The van der Waals surface area contributed by atoms with Crippen molar-refractivity contribution in [3.63, 3.8) is 0 Å². The Kier molecular flexibility index (Phi) is 7.37. The van der Waals surface area contributed by atoms with Gasteiger partial charge in [0, 0.05) is 19.6 Å². The third kappa shape index (κ3) is 5.61. The molecule has 1 saturated heterocycles. The fraction of sp³-hybridized carbons (Fsp3) is 0.316. The van der Waals surface area contributed by atoms with Crippen molar-refractivity contribution in [2.24, 2.45) is 0 Å². The van der Waals surface area contributed by atoms with E-state index in [0.717, 1.165) is 5.56 Å². The summed E-state index contributed by atoms with van der Waals surface area (Å²) in [7, 11) is -3.53. The molecular formula is C19H20Cl2N2O5S. The van der Waals surface area contributed by atoms with Gasteiger partial charge in [0.05, 0.1) is 23.1 Å². The van der Waals surface area contributed by atoms with Crippen LogP contribution in [0.15, 0.2) is 47.4 Å². The Morgan fingerprint density at radius 2 is 1.79 bits per heavy atom. The van der Waals surface area contributed by atoms with E-state index in [1.165, 1.54) is 16.4 Å². The summed E-state index contributed by atoms with van der Waals surface area (Å²) >= 11 is 11.9. The first-order valence-electron chi connectivity index (χ1n) is 8.88. The molecule has 1 heterocycles. The van der Waals surface area contributed by atoms with Crippen LogP contribution in [0.4, 0.5) is 0 Å². The predicted molar refractivity (Wildman–Crippen MR) is 110 cm³/mol. The van der Waals surface area contributed by atoms with E-state index in [9.17, 15) is 13.2 Å². The lowest BCUT2D eigenvalue weighted by atomic mass is 10.2. The van der Waals surface area contributed by atoms with Crippen LogP contribution in [0.25, 0.3) is 0 Å². The maximum Gasteiger partial charge on any atom is 0.258 e. The Bertz CT molecular complexity index is 961. The number of amides is 1. The van der Waals surface area contributed by atoms with Gasteiger partial charge in [0.15, 0.2) is 6.61 Å². The molecule has 2 aromatic rings. The topological polar surface area (TPSA) is 84.9 Å². The van der Waals surface area contributed by atoms with Crippen LogP contribution < -0.4 is 10.1 Å². The standard InChI is InChI=1S/C19H20Cl2N2O5S/c20-16-2-1-3-17(19(16)21)28-13-18(24)22-12-14-4-6-15(7-5-14)29(25,26)23-8-10-27-11-9-23/h1-7H,8-13H2,(H,22,24). The number of carbonyl (C=O) groups is 1. The quantitative estimate of drug-likeness (QED) is 0.689. The number of hydrogen-bond donors (Lipinski definition) is 1.